The highest BCUT2D eigenvalue weighted by Gasteiger charge is 2.39. The van der Waals surface area contributed by atoms with Gasteiger partial charge in [-0.2, -0.15) is 0 Å². The van der Waals surface area contributed by atoms with E-state index in [0.29, 0.717) is 0 Å². The predicted molar refractivity (Wildman–Crippen MR) is 142 cm³/mol. The molecule has 2 heterocycles. The zero-order chi connectivity index (χ0) is 25.4. The summed E-state index contributed by atoms with van der Waals surface area (Å²) in [5.74, 6) is -0.682. The van der Waals surface area contributed by atoms with Gasteiger partial charge in [-0.25, -0.2) is 4.39 Å². The van der Waals surface area contributed by atoms with E-state index in [0.717, 1.165) is 41.0 Å². The Kier molecular flexibility index (Phi) is 5.93. The van der Waals surface area contributed by atoms with Crippen LogP contribution >= 0.6 is 0 Å². The Hall–Kier alpha value is -4.45. The largest absolute Gasteiger partial charge is 0.327 e. The first-order valence-electron chi connectivity index (χ1n) is 12.5. The molecule has 1 unspecified atom stereocenters. The molecular weight excluding hydrogens is 465 g/mol. The highest BCUT2D eigenvalue weighted by molar-refractivity contribution is 6.02. The van der Waals surface area contributed by atoms with E-state index in [1.54, 1.807) is 34.1 Å². The summed E-state index contributed by atoms with van der Waals surface area (Å²) >= 11 is 0. The molecule has 2 aliphatic rings. The number of carbonyl (C=O) groups is 2. The fourth-order valence-electron chi connectivity index (χ4n) is 5.04. The lowest BCUT2D eigenvalue weighted by Gasteiger charge is -2.39. The van der Waals surface area contributed by atoms with Gasteiger partial charge in [0.05, 0.1) is 17.1 Å². The quantitative estimate of drug-likeness (QED) is 0.322. The van der Waals surface area contributed by atoms with Crippen LogP contribution in [0.25, 0.3) is 11.8 Å². The third-order valence-electron chi connectivity index (χ3n) is 6.97. The number of hydrogen-bond acceptors (Lipinski definition) is 2. The van der Waals surface area contributed by atoms with E-state index < -0.39 is 6.04 Å². The van der Waals surface area contributed by atoms with E-state index in [4.69, 9.17) is 0 Å². The second kappa shape index (κ2) is 9.54. The molecule has 1 fully saturated rings. The number of para-hydroxylation sites is 2. The van der Waals surface area contributed by atoms with Gasteiger partial charge in [0.25, 0.3) is 0 Å². The van der Waals surface area contributed by atoms with Crippen molar-refractivity contribution in [2.24, 2.45) is 0 Å². The number of rotatable bonds is 6. The maximum Gasteiger partial charge on any atom is 0.247 e. The van der Waals surface area contributed by atoms with Crippen molar-refractivity contribution in [1.29, 1.82) is 0 Å². The summed E-state index contributed by atoms with van der Waals surface area (Å²) in [5.41, 5.74) is 4.29. The van der Waals surface area contributed by atoms with E-state index >= 15 is 0 Å². The second-order valence-corrected chi connectivity index (χ2v) is 9.45. The van der Waals surface area contributed by atoms with Crippen molar-refractivity contribution in [1.82, 2.24) is 9.47 Å². The molecule has 0 saturated heterocycles. The van der Waals surface area contributed by atoms with Gasteiger partial charge in [-0.05, 0) is 66.4 Å². The molecule has 6 rings (SSSR count). The van der Waals surface area contributed by atoms with Gasteiger partial charge in [0.15, 0.2) is 0 Å². The molecule has 0 spiro atoms. The van der Waals surface area contributed by atoms with E-state index in [1.165, 1.54) is 12.1 Å². The van der Waals surface area contributed by atoms with Crippen LogP contribution in [-0.4, -0.2) is 33.9 Å². The van der Waals surface area contributed by atoms with Crippen molar-refractivity contribution >= 4 is 23.6 Å². The number of aromatic nitrogens is 1. The van der Waals surface area contributed by atoms with Crippen molar-refractivity contribution in [2.75, 3.05) is 11.4 Å². The van der Waals surface area contributed by atoms with Gasteiger partial charge >= 0.3 is 0 Å². The SMILES string of the molecule is O=C(C=Cc1ccccc1)N(CC(=O)N1c2ccccc2-n2cccc2C1c1ccc(F)cc1)C1CC1. The predicted octanol–water partition coefficient (Wildman–Crippen LogP) is 5.76. The third-order valence-corrected chi connectivity index (χ3v) is 6.97. The molecule has 4 aromatic rings. The number of halogens is 1. The Morgan fingerprint density at radius 2 is 1.57 bits per heavy atom. The molecule has 0 N–H and O–H groups in total. The first-order valence-corrected chi connectivity index (χ1v) is 12.5. The molecule has 1 aliphatic heterocycles. The van der Waals surface area contributed by atoms with Crippen LogP contribution in [0.5, 0.6) is 0 Å². The van der Waals surface area contributed by atoms with E-state index in [2.05, 4.69) is 4.57 Å². The minimum Gasteiger partial charge on any atom is -0.327 e. The maximum absolute atomic E-state index is 14.1. The van der Waals surface area contributed by atoms with Crippen LogP contribution in [0.1, 0.15) is 35.7 Å². The highest BCUT2D eigenvalue weighted by Crippen LogP contribution is 2.42. The van der Waals surface area contributed by atoms with Crippen LogP contribution in [0.4, 0.5) is 10.1 Å². The lowest BCUT2D eigenvalue weighted by Crippen LogP contribution is -2.47. The topological polar surface area (TPSA) is 45.6 Å². The summed E-state index contributed by atoms with van der Waals surface area (Å²) in [6, 6.07) is 27.2. The smallest absolute Gasteiger partial charge is 0.247 e. The molecule has 1 aromatic heterocycles. The average Bonchev–Trinajstić information content (AvgIpc) is 3.65. The summed E-state index contributed by atoms with van der Waals surface area (Å²) in [4.78, 5) is 30.8. The fraction of sp³-hybridized carbons (Fsp3) is 0.161. The number of amides is 2. The fourth-order valence-corrected chi connectivity index (χ4v) is 5.04. The highest BCUT2D eigenvalue weighted by atomic mass is 19.1. The standard InChI is InChI=1S/C31H26FN3O2/c32-24-15-13-23(14-16-24)31-28-11-6-20-33(28)26-9-4-5-10-27(26)35(31)30(37)21-34(25-17-18-25)29(36)19-12-22-7-2-1-3-8-22/h1-16,19-20,25,31H,17-18,21H2. The maximum atomic E-state index is 14.1. The first-order chi connectivity index (χ1) is 18.1. The van der Waals surface area contributed by atoms with Gasteiger partial charge in [0, 0.05) is 18.3 Å². The van der Waals surface area contributed by atoms with Gasteiger partial charge in [-0.15, -0.1) is 0 Å². The number of hydrogen-bond donors (Lipinski definition) is 0. The molecule has 37 heavy (non-hydrogen) atoms. The Morgan fingerprint density at radius 3 is 2.30 bits per heavy atom. The van der Waals surface area contributed by atoms with Gasteiger partial charge in [0.1, 0.15) is 18.4 Å². The Labute approximate surface area is 215 Å². The second-order valence-electron chi connectivity index (χ2n) is 9.45. The van der Waals surface area contributed by atoms with Crippen LogP contribution in [0.2, 0.25) is 0 Å². The third kappa shape index (κ3) is 4.47. The summed E-state index contributed by atoms with van der Waals surface area (Å²) in [6.45, 7) is -0.0324. The van der Waals surface area contributed by atoms with Crippen molar-refractivity contribution in [3.05, 3.63) is 126 Å². The molecule has 1 aliphatic carbocycles. The summed E-state index contributed by atoms with van der Waals surface area (Å²) in [6.07, 6.45) is 7.08. The molecule has 6 heteroatoms. The van der Waals surface area contributed by atoms with Crippen LogP contribution < -0.4 is 4.90 Å². The monoisotopic (exact) mass is 491 g/mol. The van der Waals surface area contributed by atoms with Gasteiger partial charge in [-0.1, -0.05) is 54.6 Å². The molecule has 3 aromatic carbocycles. The van der Waals surface area contributed by atoms with Crippen LogP contribution in [0, 0.1) is 5.82 Å². The molecule has 0 radical (unpaired) electrons. The molecule has 1 atom stereocenters. The summed E-state index contributed by atoms with van der Waals surface area (Å²) < 4.78 is 15.9. The average molecular weight is 492 g/mol. The van der Waals surface area contributed by atoms with Gasteiger partial charge < -0.3 is 9.47 Å². The van der Waals surface area contributed by atoms with Crippen molar-refractivity contribution in [2.45, 2.75) is 24.9 Å². The molecule has 184 valence electrons. The zero-order valence-electron chi connectivity index (χ0n) is 20.2. The van der Waals surface area contributed by atoms with E-state index in [1.807, 2.05) is 72.9 Å². The van der Waals surface area contributed by atoms with Crippen LogP contribution in [0.15, 0.2) is 103 Å². The molecule has 0 bridgehead atoms. The van der Waals surface area contributed by atoms with Crippen molar-refractivity contribution in [3.63, 3.8) is 0 Å². The van der Waals surface area contributed by atoms with Crippen LogP contribution in [0.3, 0.4) is 0 Å². The first kappa shape index (κ1) is 23.0. The Balaban J connectivity index is 1.35. The summed E-state index contributed by atoms with van der Waals surface area (Å²) in [7, 11) is 0. The lowest BCUT2D eigenvalue weighted by atomic mass is 9.97. The Bertz CT molecular complexity index is 1470. The molecule has 1 saturated carbocycles. The lowest BCUT2D eigenvalue weighted by molar-refractivity contribution is -0.132. The van der Waals surface area contributed by atoms with E-state index in [9.17, 15) is 14.0 Å². The number of anilines is 1. The molecule has 5 nitrogen and oxygen atoms in total. The van der Waals surface area contributed by atoms with Crippen molar-refractivity contribution in [3.8, 4) is 5.69 Å². The Morgan fingerprint density at radius 1 is 0.865 bits per heavy atom. The van der Waals surface area contributed by atoms with Gasteiger partial charge in [0.2, 0.25) is 11.8 Å². The number of carbonyl (C=O) groups excluding carboxylic acids is 2. The summed E-state index contributed by atoms with van der Waals surface area (Å²) in [5, 5.41) is 0. The normalized spacial score (nSPS) is 16.4. The zero-order valence-corrected chi connectivity index (χ0v) is 20.2. The van der Waals surface area contributed by atoms with E-state index in [-0.39, 0.29) is 30.2 Å². The van der Waals surface area contributed by atoms with Gasteiger partial charge in [-0.3, -0.25) is 14.5 Å². The van der Waals surface area contributed by atoms with Crippen molar-refractivity contribution < 1.29 is 14.0 Å². The molecular formula is C31H26FN3O2. The molecule has 2 amide bonds. The number of benzene rings is 3. The minimum absolute atomic E-state index is 0.0324. The minimum atomic E-state index is -0.450. The number of nitrogens with zero attached hydrogens (tertiary/aromatic N) is 3. The number of fused-ring (bicyclic) bond motifs is 3. The van der Waals surface area contributed by atoms with Crippen LogP contribution in [-0.2, 0) is 9.59 Å².